The first-order valence-corrected chi connectivity index (χ1v) is 22.9. The molecule has 0 aromatic rings. The van der Waals surface area contributed by atoms with Gasteiger partial charge >= 0.3 is 5.97 Å². The van der Waals surface area contributed by atoms with Gasteiger partial charge in [0.2, 0.25) is 5.79 Å². The lowest BCUT2D eigenvalue weighted by molar-refractivity contribution is -0.359. The molecule has 0 aromatic heterocycles. The lowest BCUT2D eigenvalue weighted by atomic mass is 9.88. The van der Waals surface area contributed by atoms with E-state index >= 15 is 0 Å². The summed E-state index contributed by atoms with van der Waals surface area (Å²) in [5.74, 6) is -5.02. The average Bonchev–Trinajstić information content (AvgIpc) is 4.01. The summed E-state index contributed by atoms with van der Waals surface area (Å²) in [6, 6.07) is 0. The van der Waals surface area contributed by atoms with E-state index in [9.17, 15) is 24.9 Å². The highest BCUT2D eigenvalue weighted by atomic mass is 16.8. The van der Waals surface area contributed by atoms with Crippen LogP contribution in [0.4, 0.5) is 0 Å². The van der Waals surface area contributed by atoms with Crippen molar-refractivity contribution in [1.29, 1.82) is 0 Å². The predicted octanol–water partition coefficient (Wildman–Crippen LogP) is 5.01. The lowest BCUT2D eigenvalue weighted by Crippen LogP contribution is -2.57. The lowest BCUT2D eigenvalue weighted by Gasteiger charge is -2.47. The molecular formula is C46H68O14. The summed E-state index contributed by atoms with van der Waals surface area (Å²) in [5.41, 5.74) is -1.16. The number of allylic oxidation sites excluding steroid dienone is 3. The number of aliphatic hydroxyl groups is 3. The SMILES string of the molecule is CC1=C/[C@H](C)CC2(C)CC[C@@H](O2)[C@@]23CC[C@@](C)(C[C@H](O2)[C@H]2O[C@](C)(CC2=O)[C@@H](O)[C@@H]2CC[C@]4(CCC[C@H](O4)[C@@H](C)C(=O)O[C@@H]4C[C@@H]([C@@]5(O)OCCC[C@H]5O)O[C@@H]4\C=C\1)O2)O3. The number of hydrogen-bond acceptors (Lipinski definition) is 14. The van der Waals surface area contributed by atoms with Crippen molar-refractivity contribution < 1.29 is 67.5 Å². The summed E-state index contributed by atoms with van der Waals surface area (Å²) in [5, 5.41) is 34.3. The third-order valence-corrected chi connectivity index (χ3v) is 15.5. The van der Waals surface area contributed by atoms with E-state index in [1.165, 1.54) is 0 Å². The first-order chi connectivity index (χ1) is 28.3. The second-order valence-electron chi connectivity index (χ2n) is 20.7. The van der Waals surface area contributed by atoms with E-state index in [1.807, 2.05) is 19.1 Å². The van der Waals surface area contributed by atoms with Crippen molar-refractivity contribution in [2.45, 2.75) is 233 Å². The van der Waals surface area contributed by atoms with E-state index in [-0.39, 0.29) is 37.3 Å². The Kier molecular flexibility index (Phi) is 11.4. The predicted molar refractivity (Wildman–Crippen MR) is 213 cm³/mol. The average molecular weight is 845 g/mol. The fourth-order valence-electron chi connectivity index (χ4n) is 12.2. The molecule has 0 aliphatic carbocycles. The number of ether oxygens (including phenoxy) is 9. The van der Waals surface area contributed by atoms with E-state index in [0.29, 0.717) is 51.4 Å². The second-order valence-corrected chi connectivity index (χ2v) is 20.7. The summed E-state index contributed by atoms with van der Waals surface area (Å²) in [4.78, 5) is 27.9. The van der Waals surface area contributed by atoms with Crippen LogP contribution in [0.15, 0.2) is 23.8 Å². The Balaban J connectivity index is 1.00. The molecule has 336 valence electrons. The number of esters is 1. The van der Waals surface area contributed by atoms with Gasteiger partial charge in [-0.1, -0.05) is 30.7 Å². The molecule has 0 saturated carbocycles. The van der Waals surface area contributed by atoms with Gasteiger partial charge in [-0.05, 0) is 98.3 Å². The standard InChI is InChI=1S/C46H68O14/c1-26-11-12-31-33(22-37(53-31)46(51)35(48)10-8-20-52-46)54-40(50)28(3)30-9-7-15-44(55-30)17-13-32(56-44)39(49)43(6)24-29(47)38(59-43)34-25-42(5)18-19-45(57-34,60-42)36-14-16-41(4,58-36)23-27(2)21-26/h11-12,21,27-28,30-39,48-49,51H,7-10,13-20,22-25H2,1-6H3/b12-11+,26-21-/t27-,28+,30-,31+,32-,33+,34-,35+,36+,37-,38-,39-,41?,42-,43+,44-,45-,46-/m0/s1. The number of aliphatic hydroxyl groups excluding tert-OH is 2. The molecule has 10 bridgehead atoms. The Morgan fingerprint density at radius 3 is 2.37 bits per heavy atom. The quantitative estimate of drug-likeness (QED) is 0.300. The molecule has 9 aliphatic rings. The summed E-state index contributed by atoms with van der Waals surface area (Å²) >= 11 is 0. The van der Waals surface area contributed by atoms with Crippen LogP contribution in [0.1, 0.15) is 138 Å². The van der Waals surface area contributed by atoms with Crippen LogP contribution >= 0.6 is 0 Å². The number of ketones is 1. The number of fused-ring (bicyclic) bond motifs is 10. The fourth-order valence-corrected chi connectivity index (χ4v) is 12.2. The maximum Gasteiger partial charge on any atom is 0.311 e. The van der Waals surface area contributed by atoms with Crippen molar-refractivity contribution in [2.24, 2.45) is 11.8 Å². The minimum absolute atomic E-state index is 0.0232. The Labute approximate surface area is 353 Å². The van der Waals surface area contributed by atoms with Crippen LogP contribution in [-0.4, -0.2) is 129 Å². The molecular weight excluding hydrogens is 776 g/mol. The van der Waals surface area contributed by atoms with Crippen LogP contribution in [-0.2, 0) is 52.2 Å². The van der Waals surface area contributed by atoms with Crippen LogP contribution in [0.5, 0.6) is 0 Å². The smallest absolute Gasteiger partial charge is 0.311 e. The Morgan fingerprint density at radius 1 is 0.767 bits per heavy atom. The summed E-state index contributed by atoms with van der Waals surface area (Å²) < 4.78 is 58.8. The molecule has 2 spiro atoms. The molecule has 9 heterocycles. The minimum atomic E-state index is -1.93. The Hall–Kier alpha value is -1.82. The second kappa shape index (κ2) is 15.7. The van der Waals surface area contributed by atoms with Gasteiger partial charge in [0.1, 0.15) is 48.3 Å². The van der Waals surface area contributed by atoms with Gasteiger partial charge < -0.3 is 58.0 Å². The maximum atomic E-state index is 14.0. The van der Waals surface area contributed by atoms with Crippen molar-refractivity contribution in [1.82, 2.24) is 0 Å². The molecule has 0 amide bonds. The molecule has 0 aromatic carbocycles. The molecule has 8 fully saturated rings. The fraction of sp³-hybridized carbons (Fsp3) is 0.870. The molecule has 14 heteroatoms. The van der Waals surface area contributed by atoms with E-state index < -0.39 is 101 Å². The number of rotatable bonds is 1. The highest BCUT2D eigenvalue weighted by Gasteiger charge is 2.65. The summed E-state index contributed by atoms with van der Waals surface area (Å²) in [6.45, 7) is 12.3. The van der Waals surface area contributed by atoms with Crippen LogP contribution in [0.2, 0.25) is 0 Å². The zero-order valence-electron chi connectivity index (χ0n) is 36.3. The van der Waals surface area contributed by atoms with Gasteiger partial charge in [0.25, 0.3) is 0 Å². The first-order valence-electron chi connectivity index (χ1n) is 22.9. The van der Waals surface area contributed by atoms with Crippen LogP contribution in [0, 0.1) is 11.8 Å². The molecule has 60 heavy (non-hydrogen) atoms. The largest absolute Gasteiger partial charge is 0.459 e. The highest BCUT2D eigenvalue weighted by Crippen LogP contribution is 2.55. The third kappa shape index (κ3) is 7.90. The van der Waals surface area contributed by atoms with E-state index in [0.717, 1.165) is 37.7 Å². The Morgan fingerprint density at radius 2 is 1.57 bits per heavy atom. The van der Waals surface area contributed by atoms with Crippen LogP contribution in [0.25, 0.3) is 0 Å². The molecule has 18 atom stereocenters. The number of carbonyl (C=O) groups excluding carboxylic acids is 2. The monoisotopic (exact) mass is 844 g/mol. The van der Waals surface area contributed by atoms with E-state index in [1.54, 1.807) is 13.8 Å². The van der Waals surface area contributed by atoms with Gasteiger partial charge in [-0.25, -0.2) is 0 Å². The number of carbonyl (C=O) groups is 2. The molecule has 1 unspecified atom stereocenters. The molecule has 0 radical (unpaired) electrons. The van der Waals surface area contributed by atoms with E-state index in [2.05, 4.69) is 26.8 Å². The maximum absolute atomic E-state index is 14.0. The van der Waals surface area contributed by atoms with Crippen molar-refractivity contribution >= 4 is 11.8 Å². The van der Waals surface area contributed by atoms with Crippen molar-refractivity contribution in [3.8, 4) is 0 Å². The first kappa shape index (κ1) is 43.4. The van der Waals surface area contributed by atoms with Crippen LogP contribution < -0.4 is 0 Å². The van der Waals surface area contributed by atoms with Gasteiger partial charge in [-0.3, -0.25) is 9.59 Å². The van der Waals surface area contributed by atoms with Crippen molar-refractivity contribution in [3.63, 3.8) is 0 Å². The molecule has 3 N–H and O–H groups in total. The zero-order valence-corrected chi connectivity index (χ0v) is 36.3. The Bertz CT molecular complexity index is 1720. The topological polar surface area (TPSA) is 178 Å². The van der Waals surface area contributed by atoms with Gasteiger partial charge in [0.05, 0.1) is 42.0 Å². The zero-order chi connectivity index (χ0) is 42.5. The van der Waals surface area contributed by atoms with Gasteiger partial charge in [0, 0.05) is 38.5 Å². The third-order valence-electron chi connectivity index (χ3n) is 15.5. The molecule has 14 nitrogen and oxygen atoms in total. The van der Waals surface area contributed by atoms with Gasteiger partial charge in [-0.15, -0.1) is 0 Å². The molecule has 9 aliphatic heterocycles. The number of hydrogen-bond donors (Lipinski definition) is 3. The van der Waals surface area contributed by atoms with Gasteiger partial charge in [0.15, 0.2) is 17.4 Å². The summed E-state index contributed by atoms with van der Waals surface area (Å²) in [7, 11) is 0. The van der Waals surface area contributed by atoms with Gasteiger partial charge in [-0.2, -0.15) is 0 Å². The van der Waals surface area contributed by atoms with Crippen molar-refractivity contribution in [2.75, 3.05) is 6.61 Å². The van der Waals surface area contributed by atoms with Crippen molar-refractivity contribution in [3.05, 3.63) is 23.8 Å². The minimum Gasteiger partial charge on any atom is -0.459 e. The number of Topliss-reactive ketones (excluding diaryl/α,β-unsaturated/α-hetero) is 1. The molecule has 9 rings (SSSR count). The normalized spacial score (nSPS) is 55.2. The summed E-state index contributed by atoms with van der Waals surface area (Å²) in [6.07, 6.45) is 6.84. The molecule has 8 saturated heterocycles. The highest BCUT2D eigenvalue weighted by molar-refractivity contribution is 5.86. The van der Waals surface area contributed by atoms with E-state index in [4.69, 9.17) is 42.6 Å². The van der Waals surface area contributed by atoms with Crippen LogP contribution in [0.3, 0.4) is 0 Å².